The molecule has 0 unspecified atom stereocenters. The van der Waals surface area contributed by atoms with Crippen LogP contribution in [0.5, 0.6) is 0 Å². The second-order valence-corrected chi connectivity index (χ2v) is 8.40. The van der Waals surface area contributed by atoms with Crippen molar-refractivity contribution in [2.24, 2.45) is 10.6 Å². The van der Waals surface area contributed by atoms with E-state index in [-0.39, 0.29) is 11.2 Å². The molecule has 1 saturated carbocycles. The van der Waals surface area contributed by atoms with E-state index in [2.05, 4.69) is 11.4 Å². The molecule has 0 saturated heterocycles. The van der Waals surface area contributed by atoms with Crippen molar-refractivity contribution in [2.75, 3.05) is 19.0 Å². The van der Waals surface area contributed by atoms with E-state index in [4.69, 9.17) is 9.88 Å². The van der Waals surface area contributed by atoms with Crippen molar-refractivity contribution in [1.82, 2.24) is 0 Å². The van der Waals surface area contributed by atoms with Crippen LogP contribution in [0.25, 0.3) is 0 Å². The van der Waals surface area contributed by atoms with Gasteiger partial charge in [-0.2, -0.15) is 0 Å². The Balaban J connectivity index is 1.84. The summed E-state index contributed by atoms with van der Waals surface area (Å²) in [5.74, 6) is 0.0546. The van der Waals surface area contributed by atoms with E-state index >= 15 is 0 Å². The van der Waals surface area contributed by atoms with Crippen LogP contribution in [0, 0.1) is 5.41 Å². The van der Waals surface area contributed by atoms with Gasteiger partial charge in [0.25, 0.3) is 0 Å². The van der Waals surface area contributed by atoms with Crippen molar-refractivity contribution < 1.29 is 13.2 Å². The third kappa shape index (κ3) is 5.16. The summed E-state index contributed by atoms with van der Waals surface area (Å²) in [5, 5.41) is 7.31. The Morgan fingerprint density at radius 2 is 2.05 bits per heavy atom. The molecule has 1 aromatic heterocycles. The number of sulfonamides is 1. The van der Waals surface area contributed by atoms with Gasteiger partial charge < -0.3 is 4.74 Å². The van der Waals surface area contributed by atoms with Gasteiger partial charge in [-0.05, 0) is 24.3 Å². The van der Waals surface area contributed by atoms with Crippen molar-refractivity contribution in [2.45, 2.75) is 38.5 Å². The minimum Gasteiger partial charge on any atom is -0.380 e. The van der Waals surface area contributed by atoms with Crippen LogP contribution in [-0.4, -0.2) is 27.4 Å². The first-order valence-corrected chi connectivity index (χ1v) is 9.69. The fourth-order valence-electron chi connectivity index (χ4n) is 2.98. The first kappa shape index (κ1) is 15.9. The molecule has 1 aliphatic carbocycles. The number of rotatable bonds is 7. The topological polar surface area (TPSA) is 69.4 Å². The Morgan fingerprint density at radius 3 is 2.65 bits per heavy atom. The minimum absolute atomic E-state index is 0.0546. The second-order valence-electron chi connectivity index (χ2n) is 5.75. The third-order valence-electron chi connectivity index (χ3n) is 3.90. The summed E-state index contributed by atoms with van der Waals surface area (Å²) >= 11 is 1.72. The summed E-state index contributed by atoms with van der Waals surface area (Å²) in [5.41, 5.74) is -0.263. The SMILES string of the molecule is NS(=O)(=O)CC1(COCCc2cccs2)CCCCC1. The molecule has 1 aromatic rings. The molecule has 0 aromatic carbocycles. The van der Waals surface area contributed by atoms with E-state index in [1.807, 2.05) is 6.07 Å². The lowest BCUT2D eigenvalue weighted by Crippen LogP contribution is -2.39. The van der Waals surface area contributed by atoms with Gasteiger partial charge in [-0.15, -0.1) is 11.3 Å². The Hall–Kier alpha value is -0.430. The lowest BCUT2D eigenvalue weighted by atomic mass is 9.76. The lowest BCUT2D eigenvalue weighted by molar-refractivity contribution is 0.0349. The highest BCUT2D eigenvalue weighted by Gasteiger charge is 2.35. The maximum atomic E-state index is 11.4. The molecule has 0 atom stereocenters. The van der Waals surface area contributed by atoms with Gasteiger partial charge in [0, 0.05) is 16.7 Å². The normalized spacial score (nSPS) is 19.1. The van der Waals surface area contributed by atoms with Crippen molar-refractivity contribution in [3.8, 4) is 0 Å². The summed E-state index contributed by atoms with van der Waals surface area (Å²) in [6.07, 6.45) is 6.03. The van der Waals surface area contributed by atoms with Crippen molar-refractivity contribution in [3.63, 3.8) is 0 Å². The molecule has 0 aliphatic heterocycles. The highest BCUT2D eigenvalue weighted by Crippen LogP contribution is 2.37. The summed E-state index contributed by atoms with van der Waals surface area (Å²) in [6, 6.07) is 4.12. The van der Waals surface area contributed by atoms with Crippen LogP contribution in [0.15, 0.2) is 17.5 Å². The smallest absolute Gasteiger partial charge is 0.209 e. The molecule has 1 fully saturated rings. The molecule has 2 N–H and O–H groups in total. The molecule has 114 valence electrons. The Bertz CT molecular complexity index is 490. The van der Waals surface area contributed by atoms with E-state index in [9.17, 15) is 8.42 Å². The molecule has 0 spiro atoms. The van der Waals surface area contributed by atoms with Crippen LogP contribution in [0.3, 0.4) is 0 Å². The first-order chi connectivity index (χ1) is 9.49. The molecule has 0 amide bonds. The average molecular weight is 317 g/mol. The van der Waals surface area contributed by atoms with Crippen LogP contribution < -0.4 is 5.14 Å². The number of hydrogen-bond acceptors (Lipinski definition) is 4. The van der Waals surface area contributed by atoms with Gasteiger partial charge in [0.2, 0.25) is 10.0 Å². The number of primary sulfonamides is 1. The molecule has 0 radical (unpaired) electrons. The predicted octanol–water partition coefficient (Wildman–Crippen LogP) is 2.55. The number of thiophene rings is 1. The van der Waals surface area contributed by atoms with Crippen molar-refractivity contribution in [1.29, 1.82) is 0 Å². The van der Waals surface area contributed by atoms with Gasteiger partial charge in [-0.3, -0.25) is 0 Å². The molecule has 6 heteroatoms. The lowest BCUT2D eigenvalue weighted by Gasteiger charge is -2.36. The highest BCUT2D eigenvalue weighted by molar-refractivity contribution is 7.89. The summed E-state index contributed by atoms with van der Waals surface area (Å²) < 4.78 is 28.7. The first-order valence-electron chi connectivity index (χ1n) is 7.10. The van der Waals surface area contributed by atoms with E-state index in [1.165, 1.54) is 11.3 Å². The monoisotopic (exact) mass is 317 g/mol. The molecule has 20 heavy (non-hydrogen) atoms. The second kappa shape index (κ2) is 7.02. The van der Waals surface area contributed by atoms with E-state index in [1.54, 1.807) is 11.3 Å². The quantitative estimate of drug-likeness (QED) is 0.786. The zero-order valence-corrected chi connectivity index (χ0v) is 13.3. The van der Waals surface area contributed by atoms with Crippen LogP contribution in [0.4, 0.5) is 0 Å². The van der Waals surface area contributed by atoms with Crippen LogP contribution in [-0.2, 0) is 21.2 Å². The molecular weight excluding hydrogens is 294 g/mol. The van der Waals surface area contributed by atoms with Gasteiger partial charge in [0.15, 0.2) is 0 Å². The van der Waals surface area contributed by atoms with Gasteiger partial charge in [0.1, 0.15) is 0 Å². The molecule has 1 heterocycles. The van der Waals surface area contributed by atoms with Crippen molar-refractivity contribution >= 4 is 21.4 Å². The fourth-order valence-corrected chi connectivity index (χ4v) is 4.89. The average Bonchev–Trinajstić information content (AvgIpc) is 2.87. The zero-order chi connectivity index (χ0) is 14.5. The fraction of sp³-hybridized carbons (Fsp3) is 0.714. The maximum absolute atomic E-state index is 11.4. The van der Waals surface area contributed by atoms with Crippen LogP contribution >= 0.6 is 11.3 Å². The minimum atomic E-state index is -3.44. The maximum Gasteiger partial charge on any atom is 0.209 e. The largest absolute Gasteiger partial charge is 0.380 e. The van der Waals surface area contributed by atoms with Crippen LogP contribution in [0.1, 0.15) is 37.0 Å². The summed E-state index contributed by atoms with van der Waals surface area (Å²) in [4.78, 5) is 1.30. The predicted molar refractivity (Wildman–Crippen MR) is 82.3 cm³/mol. The molecule has 4 nitrogen and oxygen atoms in total. The third-order valence-corrected chi connectivity index (χ3v) is 5.85. The molecule has 0 bridgehead atoms. The number of nitrogens with two attached hydrogens (primary N) is 1. The standard InChI is InChI=1S/C14H23NO3S2/c15-20(16,17)12-14(7-2-1-3-8-14)11-18-9-6-13-5-4-10-19-13/h4-5,10H,1-3,6-9,11-12H2,(H2,15,16,17). The summed E-state index contributed by atoms with van der Waals surface area (Å²) in [7, 11) is -3.44. The Morgan fingerprint density at radius 1 is 1.30 bits per heavy atom. The Kier molecular flexibility index (Phi) is 5.60. The van der Waals surface area contributed by atoms with E-state index in [0.717, 1.165) is 32.1 Å². The van der Waals surface area contributed by atoms with Gasteiger partial charge in [-0.1, -0.05) is 25.3 Å². The van der Waals surface area contributed by atoms with Gasteiger partial charge in [0.05, 0.1) is 19.0 Å². The van der Waals surface area contributed by atoms with Gasteiger partial charge in [-0.25, -0.2) is 13.6 Å². The molecule has 2 rings (SSSR count). The number of ether oxygens (including phenoxy) is 1. The van der Waals surface area contributed by atoms with Gasteiger partial charge >= 0.3 is 0 Å². The molecular formula is C14H23NO3S2. The zero-order valence-electron chi connectivity index (χ0n) is 11.7. The van der Waals surface area contributed by atoms with E-state index < -0.39 is 10.0 Å². The van der Waals surface area contributed by atoms with Crippen LogP contribution in [0.2, 0.25) is 0 Å². The Labute approximate surface area is 125 Å². The van der Waals surface area contributed by atoms with Crippen molar-refractivity contribution in [3.05, 3.63) is 22.4 Å². The number of hydrogen-bond donors (Lipinski definition) is 1. The highest BCUT2D eigenvalue weighted by atomic mass is 32.2. The molecule has 1 aliphatic rings. The summed E-state index contributed by atoms with van der Waals surface area (Å²) in [6.45, 7) is 1.15. The van der Waals surface area contributed by atoms with E-state index in [0.29, 0.717) is 13.2 Å².